The lowest BCUT2D eigenvalue weighted by Gasteiger charge is -2.29. The van der Waals surface area contributed by atoms with Crippen LogP contribution in [0.5, 0.6) is 0 Å². The zero-order valence-corrected chi connectivity index (χ0v) is 18.9. The van der Waals surface area contributed by atoms with E-state index in [0.717, 1.165) is 35.7 Å². The number of imide groups is 1. The molecule has 7 heteroatoms. The van der Waals surface area contributed by atoms with Crippen molar-refractivity contribution in [1.29, 1.82) is 0 Å². The summed E-state index contributed by atoms with van der Waals surface area (Å²) >= 11 is 1.81. The predicted molar refractivity (Wildman–Crippen MR) is 119 cm³/mol. The van der Waals surface area contributed by atoms with Crippen molar-refractivity contribution in [1.82, 2.24) is 15.1 Å². The van der Waals surface area contributed by atoms with Gasteiger partial charge in [-0.2, -0.15) is 0 Å². The highest BCUT2D eigenvalue weighted by Gasteiger charge is 2.39. The van der Waals surface area contributed by atoms with Crippen molar-refractivity contribution < 1.29 is 14.4 Å². The molecule has 0 saturated carbocycles. The number of fused-ring (bicyclic) bond motifs is 1. The topological polar surface area (TPSA) is 69.7 Å². The van der Waals surface area contributed by atoms with E-state index in [-0.39, 0.29) is 24.1 Å². The van der Waals surface area contributed by atoms with Gasteiger partial charge in [-0.05, 0) is 62.3 Å². The van der Waals surface area contributed by atoms with E-state index in [4.69, 9.17) is 0 Å². The second kappa shape index (κ2) is 11.0. The van der Waals surface area contributed by atoms with Gasteiger partial charge in [0.25, 0.3) is 5.91 Å². The Bertz CT molecular complexity index is 779. The molecular formula is C23H33N3O3S. The van der Waals surface area contributed by atoms with Crippen LogP contribution < -0.4 is 5.32 Å². The Hall–Kier alpha value is -1.86. The number of nitrogens with one attached hydrogen (secondary N) is 1. The molecular weight excluding hydrogens is 398 g/mol. The smallest absolute Gasteiger partial charge is 0.255 e. The fraction of sp³-hybridized carbons (Fsp3) is 0.609. The summed E-state index contributed by atoms with van der Waals surface area (Å²) in [6, 6.07) is 5.30. The zero-order chi connectivity index (χ0) is 21.5. The summed E-state index contributed by atoms with van der Waals surface area (Å²) in [5, 5.41) is 2.36. The van der Waals surface area contributed by atoms with Crippen molar-refractivity contribution in [2.75, 3.05) is 25.4 Å². The molecule has 1 fully saturated rings. The Labute approximate surface area is 183 Å². The molecule has 1 atom stereocenters. The zero-order valence-electron chi connectivity index (χ0n) is 18.1. The van der Waals surface area contributed by atoms with Crippen molar-refractivity contribution in [3.8, 4) is 0 Å². The molecule has 0 aromatic heterocycles. The molecule has 2 aliphatic heterocycles. The molecule has 3 rings (SSSR count). The van der Waals surface area contributed by atoms with E-state index < -0.39 is 6.04 Å². The van der Waals surface area contributed by atoms with E-state index in [9.17, 15) is 14.4 Å². The number of amides is 3. The first kappa shape index (κ1) is 22.8. The van der Waals surface area contributed by atoms with E-state index in [1.807, 2.05) is 23.9 Å². The monoisotopic (exact) mass is 431 g/mol. The molecule has 1 N–H and O–H groups in total. The molecule has 3 amide bonds. The van der Waals surface area contributed by atoms with Gasteiger partial charge in [0.05, 0.1) is 0 Å². The van der Waals surface area contributed by atoms with Crippen molar-refractivity contribution in [2.24, 2.45) is 0 Å². The summed E-state index contributed by atoms with van der Waals surface area (Å²) in [6.45, 7) is 8.31. The third-order valence-electron chi connectivity index (χ3n) is 6.06. The fourth-order valence-electron chi connectivity index (χ4n) is 4.21. The molecule has 1 unspecified atom stereocenters. The van der Waals surface area contributed by atoms with Crippen LogP contribution in [0, 0.1) is 0 Å². The van der Waals surface area contributed by atoms with Crippen LogP contribution in [0.4, 0.5) is 0 Å². The van der Waals surface area contributed by atoms with Gasteiger partial charge < -0.3 is 9.80 Å². The second-order valence-electron chi connectivity index (χ2n) is 7.97. The van der Waals surface area contributed by atoms with Crippen molar-refractivity contribution in [3.05, 3.63) is 29.3 Å². The summed E-state index contributed by atoms with van der Waals surface area (Å²) in [5.74, 6) is 0.326. The fourth-order valence-corrected chi connectivity index (χ4v) is 5.30. The first-order valence-electron chi connectivity index (χ1n) is 11.2. The predicted octanol–water partition coefficient (Wildman–Crippen LogP) is 3.44. The second-order valence-corrected chi connectivity index (χ2v) is 9.11. The molecule has 2 aliphatic rings. The minimum atomic E-state index is -0.550. The van der Waals surface area contributed by atoms with Gasteiger partial charge in [0.2, 0.25) is 11.8 Å². The highest BCUT2D eigenvalue weighted by atomic mass is 32.2. The molecule has 0 radical (unpaired) electrons. The van der Waals surface area contributed by atoms with Gasteiger partial charge in [-0.3, -0.25) is 19.7 Å². The molecule has 1 aromatic carbocycles. The van der Waals surface area contributed by atoms with Crippen LogP contribution in [-0.2, 0) is 16.1 Å². The molecule has 1 saturated heterocycles. The van der Waals surface area contributed by atoms with Crippen LogP contribution in [0.1, 0.15) is 68.3 Å². The van der Waals surface area contributed by atoms with E-state index in [0.29, 0.717) is 18.5 Å². The molecule has 6 nitrogen and oxygen atoms in total. The van der Waals surface area contributed by atoms with Crippen molar-refractivity contribution in [2.45, 2.75) is 69.9 Å². The van der Waals surface area contributed by atoms with Gasteiger partial charge in [-0.1, -0.05) is 32.8 Å². The lowest BCUT2D eigenvalue weighted by Crippen LogP contribution is -2.52. The quantitative estimate of drug-likeness (QED) is 0.330. The molecule has 0 spiro atoms. The maximum atomic E-state index is 12.9. The first-order valence-corrected chi connectivity index (χ1v) is 12.1. The number of hydrogen-bond donors (Lipinski definition) is 1. The van der Waals surface area contributed by atoms with Gasteiger partial charge in [0.15, 0.2) is 0 Å². The molecule has 2 heterocycles. The number of unbranched alkanes of at least 4 members (excludes halogenated alkanes) is 3. The molecule has 0 bridgehead atoms. The summed E-state index contributed by atoms with van der Waals surface area (Å²) in [4.78, 5) is 41.7. The highest BCUT2D eigenvalue weighted by Crippen LogP contribution is 2.34. The number of nitrogens with zero attached hydrogens (tertiary/aromatic N) is 2. The summed E-state index contributed by atoms with van der Waals surface area (Å²) in [7, 11) is 0. The van der Waals surface area contributed by atoms with Gasteiger partial charge >= 0.3 is 0 Å². The number of carbonyl (C=O) groups excluding carboxylic acids is 3. The van der Waals surface area contributed by atoms with Gasteiger partial charge in [0, 0.05) is 23.4 Å². The number of benzene rings is 1. The van der Waals surface area contributed by atoms with Gasteiger partial charge in [-0.25, -0.2) is 0 Å². The lowest BCUT2D eigenvalue weighted by molar-refractivity contribution is -0.136. The van der Waals surface area contributed by atoms with Gasteiger partial charge in [0.1, 0.15) is 6.04 Å². The molecule has 1 aromatic rings. The number of thioether (sulfide) groups is 1. The lowest BCUT2D eigenvalue weighted by atomic mass is 10.0. The van der Waals surface area contributed by atoms with E-state index in [1.54, 1.807) is 4.90 Å². The number of carbonyl (C=O) groups is 3. The van der Waals surface area contributed by atoms with Crippen molar-refractivity contribution in [3.63, 3.8) is 0 Å². The van der Waals surface area contributed by atoms with Gasteiger partial charge in [-0.15, -0.1) is 11.8 Å². The van der Waals surface area contributed by atoms with E-state index in [1.165, 1.54) is 25.8 Å². The van der Waals surface area contributed by atoms with Crippen LogP contribution >= 0.6 is 11.8 Å². The average Bonchev–Trinajstić information content (AvgIpc) is 3.07. The van der Waals surface area contributed by atoms with Crippen LogP contribution in [0.3, 0.4) is 0 Å². The van der Waals surface area contributed by atoms with Crippen LogP contribution in [0.25, 0.3) is 0 Å². The molecule has 164 valence electrons. The van der Waals surface area contributed by atoms with Crippen LogP contribution in [0.2, 0.25) is 0 Å². The first-order chi connectivity index (χ1) is 14.5. The minimum absolute atomic E-state index is 0.0987. The Morgan fingerprint density at radius 2 is 1.87 bits per heavy atom. The third kappa shape index (κ3) is 5.43. The summed E-state index contributed by atoms with van der Waals surface area (Å²) < 4.78 is 0. The average molecular weight is 432 g/mol. The largest absolute Gasteiger partial charge is 0.322 e. The number of rotatable bonds is 11. The maximum absolute atomic E-state index is 12.9. The number of piperidine rings is 1. The third-order valence-corrected chi connectivity index (χ3v) is 7.25. The Morgan fingerprint density at radius 1 is 1.10 bits per heavy atom. The van der Waals surface area contributed by atoms with Crippen LogP contribution in [-0.4, -0.2) is 59.0 Å². The summed E-state index contributed by atoms with van der Waals surface area (Å²) in [5.41, 5.74) is 1.72. The Morgan fingerprint density at radius 3 is 2.60 bits per heavy atom. The standard InChI is InChI=1S/C23H33N3O3S/c1-3-25(4-2)14-7-5-6-8-15-30-20-11-9-10-17-18(20)16-26(23(17)29)19-12-13-21(27)24-22(19)28/h9-11,19H,3-8,12-16H2,1-2H3,(H,24,27,28). The Balaban J connectivity index is 1.49. The Kier molecular flexibility index (Phi) is 8.33. The minimum Gasteiger partial charge on any atom is -0.322 e. The highest BCUT2D eigenvalue weighted by molar-refractivity contribution is 7.99. The number of hydrogen-bond acceptors (Lipinski definition) is 5. The van der Waals surface area contributed by atoms with Crippen LogP contribution in [0.15, 0.2) is 23.1 Å². The van der Waals surface area contributed by atoms with Crippen molar-refractivity contribution >= 4 is 29.5 Å². The van der Waals surface area contributed by atoms with E-state index >= 15 is 0 Å². The maximum Gasteiger partial charge on any atom is 0.255 e. The SMILES string of the molecule is CCN(CC)CCCCCCSc1cccc2c1CN(C1CCC(=O)NC1=O)C2=O. The van der Waals surface area contributed by atoms with E-state index in [2.05, 4.69) is 30.1 Å². The molecule has 30 heavy (non-hydrogen) atoms. The molecule has 0 aliphatic carbocycles. The normalized spacial score (nSPS) is 18.8. The summed E-state index contributed by atoms with van der Waals surface area (Å²) in [6.07, 6.45) is 5.59.